The predicted molar refractivity (Wildman–Crippen MR) is 128 cm³/mol. The maximum absolute atomic E-state index is 14.3. The van der Waals surface area contributed by atoms with E-state index in [2.05, 4.69) is 9.88 Å². The maximum Gasteiger partial charge on any atom is 0.349 e. The SMILES string of the molecule is Cl.O=C(c1cc2ccccc2oc1=O)N(CCN1CCOCC1)c1nc2c(F)cccc2s1. The number of carbonyl (C=O) groups excluding carboxylic acids is 1. The summed E-state index contributed by atoms with van der Waals surface area (Å²) in [6.45, 7) is 3.66. The fourth-order valence-electron chi connectivity index (χ4n) is 3.73. The number of halogens is 2. The molecule has 0 saturated carbocycles. The van der Waals surface area contributed by atoms with E-state index in [9.17, 15) is 14.0 Å². The molecule has 7 nitrogen and oxygen atoms in total. The van der Waals surface area contributed by atoms with Gasteiger partial charge in [0, 0.05) is 31.6 Å². The van der Waals surface area contributed by atoms with E-state index >= 15 is 0 Å². The molecule has 4 aromatic rings. The molecule has 172 valence electrons. The zero-order valence-corrected chi connectivity index (χ0v) is 19.2. The van der Waals surface area contributed by atoms with E-state index in [1.165, 1.54) is 22.3 Å². The molecule has 1 aliphatic rings. The Labute approximate surface area is 198 Å². The van der Waals surface area contributed by atoms with Crippen molar-refractivity contribution in [2.75, 3.05) is 44.3 Å². The third-order valence-corrected chi connectivity index (χ3v) is 6.49. The van der Waals surface area contributed by atoms with Crippen LogP contribution >= 0.6 is 23.7 Å². The number of hydrogen-bond acceptors (Lipinski definition) is 7. The van der Waals surface area contributed by atoms with Crippen molar-refractivity contribution in [2.24, 2.45) is 0 Å². The Morgan fingerprint density at radius 3 is 2.73 bits per heavy atom. The molecule has 0 radical (unpaired) electrons. The summed E-state index contributed by atoms with van der Waals surface area (Å²) in [6.07, 6.45) is 0. The number of rotatable bonds is 5. The zero-order valence-electron chi connectivity index (χ0n) is 17.5. The number of amides is 1. The lowest BCUT2D eigenvalue weighted by atomic mass is 10.1. The van der Waals surface area contributed by atoms with E-state index in [0.29, 0.717) is 47.1 Å². The van der Waals surface area contributed by atoms with Crippen molar-refractivity contribution in [1.29, 1.82) is 0 Å². The minimum absolute atomic E-state index is 0. The number of thiazole rings is 1. The first-order chi connectivity index (χ1) is 15.6. The first kappa shape index (κ1) is 23.3. The summed E-state index contributed by atoms with van der Waals surface area (Å²) in [5.41, 5.74) is -0.166. The van der Waals surface area contributed by atoms with Crippen LogP contribution in [0.2, 0.25) is 0 Å². The third-order valence-electron chi connectivity index (χ3n) is 5.45. The van der Waals surface area contributed by atoms with Crippen LogP contribution in [0.15, 0.2) is 57.7 Å². The number of aromatic nitrogens is 1. The molecule has 10 heteroatoms. The maximum atomic E-state index is 14.3. The van der Waals surface area contributed by atoms with Crippen molar-refractivity contribution in [1.82, 2.24) is 9.88 Å². The number of benzene rings is 2. The Bertz CT molecular complexity index is 1350. The van der Waals surface area contributed by atoms with Crippen molar-refractivity contribution < 1.29 is 18.3 Å². The highest BCUT2D eigenvalue weighted by atomic mass is 35.5. The molecule has 2 aromatic heterocycles. The van der Waals surface area contributed by atoms with Crippen LogP contribution in [0.5, 0.6) is 0 Å². The lowest BCUT2D eigenvalue weighted by Gasteiger charge is -2.29. The van der Waals surface area contributed by atoms with Gasteiger partial charge in [0.1, 0.15) is 22.5 Å². The number of fused-ring (bicyclic) bond motifs is 2. The average molecular weight is 490 g/mol. The molecule has 0 bridgehead atoms. The molecule has 1 fully saturated rings. The summed E-state index contributed by atoms with van der Waals surface area (Å²) in [4.78, 5) is 34.2. The summed E-state index contributed by atoms with van der Waals surface area (Å²) in [5.74, 6) is -0.965. The van der Waals surface area contributed by atoms with E-state index in [1.54, 1.807) is 36.4 Å². The van der Waals surface area contributed by atoms with Crippen LogP contribution in [0, 0.1) is 5.82 Å². The van der Waals surface area contributed by atoms with Crippen LogP contribution in [-0.4, -0.2) is 55.2 Å². The Balaban J connectivity index is 0.00000259. The molecular weight excluding hydrogens is 469 g/mol. The van der Waals surface area contributed by atoms with Crippen LogP contribution in [-0.2, 0) is 4.74 Å². The second-order valence-electron chi connectivity index (χ2n) is 7.48. The van der Waals surface area contributed by atoms with Gasteiger partial charge in [-0.25, -0.2) is 14.2 Å². The topological polar surface area (TPSA) is 75.9 Å². The zero-order chi connectivity index (χ0) is 22.1. The van der Waals surface area contributed by atoms with Crippen LogP contribution in [0.3, 0.4) is 0 Å². The van der Waals surface area contributed by atoms with E-state index in [4.69, 9.17) is 9.15 Å². The molecule has 5 rings (SSSR count). The normalized spacial score (nSPS) is 14.3. The van der Waals surface area contributed by atoms with Gasteiger partial charge in [-0.05, 0) is 24.3 Å². The minimum atomic E-state index is -0.711. The molecule has 0 unspecified atom stereocenters. The Morgan fingerprint density at radius 1 is 1.15 bits per heavy atom. The van der Waals surface area contributed by atoms with Gasteiger partial charge in [0.25, 0.3) is 5.91 Å². The molecule has 3 heterocycles. The second-order valence-corrected chi connectivity index (χ2v) is 8.49. The van der Waals surface area contributed by atoms with Gasteiger partial charge in [-0.15, -0.1) is 12.4 Å². The highest BCUT2D eigenvalue weighted by Gasteiger charge is 2.26. The van der Waals surface area contributed by atoms with Crippen molar-refractivity contribution in [3.63, 3.8) is 0 Å². The van der Waals surface area contributed by atoms with Gasteiger partial charge in [0.2, 0.25) is 0 Å². The number of morpholine rings is 1. The van der Waals surface area contributed by atoms with E-state index in [1.807, 2.05) is 6.07 Å². The van der Waals surface area contributed by atoms with Gasteiger partial charge in [-0.2, -0.15) is 0 Å². The fourth-order valence-corrected chi connectivity index (χ4v) is 4.73. The lowest BCUT2D eigenvalue weighted by molar-refractivity contribution is 0.0391. The van der Waals surface area contributed by atoms with Gasteiger partial charge in [0.15, 0.2) is 5.13 Å². The van der Waals surface area contributed by atoms with Gasteiger partial charge in [-0.1, -0.05) is 35.6 Å². The van der Waals surface area contributed by atoms with Crippen molar-refractivity contribution in [3.8, 4) is 0 Å². The molecular formula is C23H21ClFN3O4S. The molecule has 0 N–H and O–H groups in total. The number of carbonyl (C=O) groups is 1. The van der Waals surface area contributed by atoms with Crippen molar-refractivity contribution >= 4 is 56.0 Å². The summed E-state index contributed by atoms with van der Waals surface area (Å²) >= 11 is 1.22. The van der Waals surface area contributed by atoms with E-state index in [-0.39, 0.29) is 23.5 Å². The first-order valence-corrected chi connectivity index (χ1v) is 11.1. The Kier molecular flexibility index (Phi) is 7.04. The van der Waals surface area contributed by atoms with Crippen LogP contribution in [0.25, 0.3) is 21.2 Å². The molecule has 33 heavy (non-hydrogen) atoms. The average Bonchev–Trinajstić information content (AvgIpc) is 3.25. The second kappa shape index (κ2) is 9.96. The monoisotopic (exact) mass is 489 g/mol. The standard InChI is InChI=1S/C23H20FN3O4S.ClH/c24-17-5-3-7-19-20(17)25-23(32-19)27(9-8-26-10-12-30-13-11-26)21(28)16-14-15-4-1-2-6-18(15)31-22(16)29;/h1-7,14H,8-13H2;1H. The molecule has 1 amide bonds. The number of para-hydroxylation sites is 2. The molecule has 0 atom stereocenters. The smallest absolute Gasteiger partial charge is 0.349 e. The third kappa shape index (κ3) is 4.77. The number of ether oxygens (including phenoxy) is 1. The largest absolute Gasteiger partial charge is 0.422 e. The quantitative estimate of drug-likeness (QED) is 0.395. The Morgan fingerprint density at radius 2 is 1.94 bits per heavy atom. The summed E-state index contributed by atoms with van der Waals surface area (Å²) in [6, 6.07) is 13.3. The fraction of sp³-hybridized carbons (Fsp3) is 0.261. The number of hydrogen-bond donors (Lipinski definition) is 0. The highest BCUT2D eigenvalue weighted by Crippen LogP contribution is 2.31. The summed E-state index contributed by atoms with van der Waals surface area (Å²) in [7, 11) is 0. The number of anilines is 1. The minimum Gasteiger partial charge on any atom is -0.422 e. The molecule has 2 aromatic carbocycles. The first-order valence-electron chi connectivity index (χ1n) is 10.3. The van der Waals surface area contributed by atoms with Gasteiger partial charge < -0.3 is 9.15 Å². The van der Waals surface area contributed by atoms with Crippen LogP contribution < -0.4 is 10.5 Å². The molecule has 0 aliphatic carbocycles. The van der Waals surface area contributed by atoms with Crippen LogP contribution in [0.4, 0.5) is 9.52 Å². The molecule has 1 saturated heterocycles. The predicted octanol–water partition coefficient (Wildman–Crippen LogP) is 3.94. The van der Waals surface area contributed by atoms with Crippen molar-refractivity contribution in [2.45, 2.75) is 0 Å². The van der Waals surface area contributed by atoms with Gasteiger partial charge >= 0.3 is 5.63 Å². The van der Waals surface area contributed by atoms with Crippen molar-refractivity contribution in [3.05, 3.63) is 70.3 Å². The summed E-state index contributed by atoms with van der Waals surface area (Å²) in [5, 5.41) is 0.995. The van der Waals surface area contributed by atoms with Crippen LogP contribution in [0.1, 0.15) is 10.4 Å². The summed E-state index contributed by atoms with van der Waals surface area (Å²) < 4.78 is 25.6. The van der Waals surface area contributed by atoms with E-state index in [0.717, 1.165) is 13.1 Å². The lowest BCUT2D eigenvalue weighted by Crippen LogP contribution is -2.44. The van der Waals surface area contributed by atoms with E-state index < -0.39 is 17.3 Å². The molecule has 0 spiro atoms. The van der Waals surface area contributed by atoms with Gasteiger partial charge in [-0.3, -0.25) is 14.6 Å². The number of nitrogens with zero attached hydrogens (tertiary/aromatic N) is 3. The van der Waals surface area contributed by atoms with Gasteiger partial charge in [0.05, 0.1) is 17.9 Å². The Hall–Kier alpha value is -2.85. The highest BCUT2D eigenvalue weighted by molar-refractivity contribution is 7.22. The molecule has 1 aliphatic heterocycles.